The molecule has 138 valence electrons. The molecule has 2 heterocycles. The molecule has 3 aliphatic rings. The zero-order chi connectivity index (χ0) is 18.3. The number of hydrogen-bond acceptors (Lipinski definition) is 3. The van der Waals surface area contributed by atoms with E-state index in [1.807, 2.05) is 17.0 Å². The lowest BCUT2D eigenvalue weighted by molar-refractivity contribution is -0.139. The lowest BCUT2D eigenvalue weighted by atomic mass is 9.76. The largest absolute Gasteiger partial charge is 0.335 e. The molecule has 4 amide bonds. The number of hydrogen-bond donors (Lipinski definition) is 2. The summed E-state index contributed by atoms with van der Waals surface area (Å²) >= 11 is 3.51. The van der Waals surface area contributed by atoms with Crippen LogP contribution in [0.5, 0.6) is 0 Å². The Bertz CT molecular complexity index is 758. The van der Waals surface area contributed by atoms with Crippen molar-refractivity contribution >= 4 is 33.8 Å². The number of nitrogens with zero attached hydrogens (tertiary/aromatic N) is 1. The number of carbonyl (C=O) groups excluding carboxylic acids is 3. The smallest absolute Gasteiger partial charge is 0.322 e. The Labute approximate surface area is 160 Å². The van der Waals surface area contributed by atoms with Crippen LogP contribution in [0.4, 0.5) is 4.79 Å². The van der Waals surface area contributed by atoms with Gasteiger partial charge in [-0.15, -0.1) is 0 Å². The third-order valence-corrected chi connectivity index (χ3v) is 6.47. The molecule has 26 heavy (non-hydrogen) atoms. The van der Waals surface area contributed by atoms with Crippen LogP contribution in [-0.2, 0) is 9.59 Å². The van der Waals surface area contributed by atoms with Gasteiger partial charge in [0, 0.05) is 16.9 Å². The summed E-state index contributed by atoms with van der Waals surface area (Å²) < 4.78 is 1.02. The molecule has 7 heteroatoms. The zero-order valence-corrected chi connectivity index (χ0v) is 16.0. The van der Waals surface area contributed by atoms with Gasteiger partial charge in [-0.05, 0) is 56.2 Å². The highest BCUT2D eigenvalue weighted by Crippen LogP contribution is 2.39. The predicted octanol–water partition coefficient (Wildman–Crippen LogP) is 2.88. The SMILES string of the molecule is O=C1NC(=O)C2(CCC(C(=O)N3CCCC3c3cccc(Br)c3)CC2)N1. The number of rotatable bonds is 2. The van der Waals surface area contributed by atoms with Crippen molar-refractivity contribution in [3.8, 4) is 0 Å². The Morgan fingerprint density at radius 1 is 1.19 bits per heavy atom. The molecule has 1 unspecified atom stereocenters. The number of nitrogens with one attached hydrogen (secondary N) is 2. The fourth-order valence-corrected chi connectivity index (χ4v) is 4.98. The van der Waals surface area contributed by atoms with Crippen LogP contribution in [0.3, 0.4) is 0 Å². The van der Waals surface area contributed by atoms with E-state index in [0.717, 1.165) is 23.9 Å². The van der Waals surface area contributed by atoms with Crippen LogP contribution in [0.25, 0.3) is 0 Å². The summed E-state index contributed by atoms with van der Waals surface area (Å²) in [7, 11) is 0. The number of halogens is 1. The number of urea groups is 1. The minimum absolute atomic E-state index is 0.0707. The summed E-state index contributed by atoms with van der Waals surface area (Å²) in [5.41, 5.74) is 0.364. The van der Waals surface area contributed by atoms with Crippen LogP contribution in [0.15, 0.2) is 28.7 Å². The molecular weight excluding hydrogens is 398 g/mol. The van der Waals surface area contributed by atoms with Gasteiger partial charge in [0.15, 0.2) is 0 Å². The lowest BCUT2D eigenvalue weighted by Gasteiger charge is -2.36. The second kappa shape index (κ2) is 6.68. The summed E-state index contributed by atoms with van der Waals surface area (Å²) in [6, 6.07) is 7.87. The van der Waals surface area contributed by atoms with Gasteiger partial charge in [-0.25, -0.2) is 4.79 Å². The fourth-order valence-electron chi connectivity index (χ4n) is 4.56. The molecule has 4 rings (SSSR count). The van der Waals surface area contributed by atoms with Gasteiger partial charge in [0.1, 0.15) is 5.54 Å². The molecule has 6 nitrogen and oxygen atoms in total. The van der Waals surface area contributed by atoms with Gasteiger partial charge in [-0.1, -0.05) is 28.1 Å². The van der Waals surface area contributed by atoms with Gasteiger partial charge in [-0.2, -0.15) is 0 Å². The monoisotopic (exact) mass is 419 g/mol. The summed E-state index contributed by atoms with van der Waals surface area (Å²) in [5, 5.41) is 5.08. The fraction of sp³-hybridized carbons (Fsp3) is 0.526. The first-order valence-corrected chi connectivity index (χ1v) is 9.97. The minimum atomic E-state index is -0.803. The maximum Gasteiger partial charge on any atom is 0.322 e. The summed E-state index contributed by atoms with van der Waals surface area (Å²) in [4.78, 5) is 38.7. The van der Waals surface area contributed by atoms with Crippen molar-refractivity contribution in [2.75, 3.05) is 6.54 Å². The van der Waals surface area contributed by atoms with E-state index >= 15 is 0 Å². The van der Waals surface area contributed by atoms with E-state index in [9.17, 15) is 14.4 Å². The normalized spacial score (nSPS) is 31.2. The Balaban J connectivity index is 1.45. The van der Waals surface area contributed by atoms with Crippen LogP contribution in [0.1, 0.15) is 50.1 Å². The van der Waals surface area contributed by atoms with E-state index in [4.69, 9.17) is 0 Å². The van der Waals surface area contributed by atoms with E-state index in [1.54, 1.807) is 0 Å². The summed E-state index contributed by atoms with van der Waals surface area (Å²) in [6.45, 7) is 0.787. The van der Waals surface area contributed by atoms with Crippen molar-refractivity contribution in [2.45, 2.75) is 50.1 Å². The molecule has 1 aliphatic carbocycles. The van der Waals surface area contributed by atoms with Crippen LogP contribution in [-0.4, -0.2) is 34.8 Å². The number of imide groups is 1. The molecule has 2 saturated heterocycles. The Morgan fingerprint density at radius 3 is 2.62 bits per heavy atom. The van der Waals surface area contributed by atoms with Crippen LogP contribution in [0, 0.1) is 5.92 Å². The molecule has 0 aromatic heterocycles. The molecule has 2 aliphatic heterocycles. The molecule has 1 aromatic rings. The molecule has 1 aromatic carbocycles. The molecule has 1 spiro atoms. The van der Waals surface area contributed by atoms with Gasteiger partial charge in [0.05, 0.1) is 6.04 Å². The van der Waals surface area contributed by atoms with Crippen molar-refractivity contribution in [2.24, 2.45) is 5.92 Å². The number of amides is 4. The first kappa shape index (κ1) is 17.5. The maximum atomic E-state index is 13.1. The first-order chi connectivity index (χ1) is 12.5. The molecule has 0 radical (unpaired) electrons. The molecule has 0 bridgehead atoms. The van der Waals surface area contributed by atoms with E-state index in [1.165, 1.54) is 5.56 Å². The standard InChI is InChI=1S/C19H22BrN3O3/c20-14-4-1-3-13(11-14)15-5-2-10-23(15)16(24)12-6-8-19(9-7-12)17(25)21-18(26)22-19/h1,3-4,11-12,15H,2,5-10H2,(H2,21,22,25,26). The van der Waals surface area contributed by atoms with Gasteiger partial charge >= 0.3 is 6.03 Å². The number of benzene rings is 1. The third-order valence-electron chi connectivity index (χ3n) is 5.97. The van der Waals surface area contributed by atoms with Crippen LogP contribution < -0.4 is 10.6 Å². The van der Waals surface area contributed by atoms with Gasteiger partial charge < -0.3 is 10.2 Å². The average Bonchev–Trinajstić information content (AvgIpc) is 3.20. The average molecular weight is 420 g/mol. The quantitative estimate of drug-likeness (QED) is 0.723. The van der Waals surface area contributed by atoms with Crippen LogP contribution >= 0.6 is 15.9 Å². The lowest BCUT2D eigenvalue weighted by Crippen LogP contribution is -2.51. The molecule has 3 fully saturated rings. The predicted molar refractivity (Wildman–Crippen MR) is 99.2 cm³/mol. The van der Waals surface area contributed by atoms with Crippen molar-refractivity contribution in [3.05, 3.63) is 34.3 Å². The second-order valence-corrected chi connectivity index (χ2v) is 8.42. The van der Waals surface area contributed by atoms with Crippen molar-refractivity contribution < 1.29 is 14.4 Å². The zero-order valence-electron chi connectivity index (χ0n) is 14.5. The topological polar surface area (TPSA) is 78.5 Å². The van der Waals surface area contributed by atoms with E-state index in [2.05, 4.69) is 38.7 Å². The van der Waals surface area contributed by atoms with E-state index in [0.29, 0.717) is 25.7 Å². The minimum Gasteiger partial charge on any atom is -0.335 e. The van der Waals surface area contributed by atoms with Gasteiger partial charge in [-0.3, -0.25) is 14.9 Å². The molecular formula is C19H22BrN3O3. The highest BCUT2D eigenvalue weighted by Gasteiger charge is 2.49. The van der Waals surface area contributed by atoms with Gasteiger partial charge in [0.2, 0.25) is 5.91 Å². The summed E-state index contributed by atoms with van der Waals surface area (Å²) in [5.74, 6) is -0.132. The molecule has 1 atom stereocenters. The van der Waals surface area contributed by atoms with E-state index < -0.39 is 11.6 Å². The molecule has 2 N–H and O–H groups in total. The number of likely N-dealkylation sites (tertiary alicyclic amines) is 1. The van der Waals surface area contributed by atoms with Crippen LogP contribution in [0.2, 0.25) is 0 Å². The van der Waals surface area contributed by atoms with E-state index in [-0.39, 0.29) is 23.8 Å². The highest BCUT2D eigenvalue weighted by molar-refractivity contribution is 9.10. The third kappa shape index (κ3) is 3.02. The Kier molecular flexibility index (Phi) is 4.50. The van der Waals surface area contributed by atoms with Crippen molar-refractivity contribution in [3.63, 3.8) is 0 Å². The maximum absolute atomic E-state index is 13.1. The van der Waals surface area contributed by atoms with Crippen molar-refractivity contribution in [1.29, 1.82) is 0 Å². The highest BCUT2D eigenvalue weighted by atomic mass is 79.9. The summed E-state index contributed by atoms with van der Waals surface area (Å²) in [6.07, 6.45) is 4.31. The Hall–Kier alpha value is -1.89. The van der Waals surface area contributed by atoms with Gasteiger partial charge in [0.25, 0.3) is 5.91 Å². The second-order valence-electron chi connectivity index (χ2n) is 7.51. The Morgan fingerprint density at radius 2 is 1.96 bits per heavy atom. The van der Waals surface area contributed by atoms with Crippen molar-refractivity contribution in [1.82, 2.24) is 15.5 Å². The first-order valence-electron chi connectivity index (χ1n) is 9.18. The molecule has 1 saturated carbocycles. The number of carbonyl (C=O) groups is 3.